The average Bonchev–Trinajstić information content (AvgIpc) is 2.40. The van der Waals surface area contributed by atoms with Crippen molar-refractivity contribution in [1.29, 1.82) is 0 Å². The van der Waals surface area contributed by atoms with Gasteiger partial charge in [0, 0.05) is 31.9 Å². The molecule has 0 bridgehead atoms. The Bertz CT molecular complexity index is 391. The van der Waals surface area contributed by atoms with E-state index < -0.39 is 0 Å². The van der Waals surface area contributed by atoms with Crippen molar-refractivity contribution in [2.75, 3.05) is 39.0 Å². The lowest BCUT2D eigenvalue weighted by atomic mass is 10.0. The van der Waals surface area contributed by atoms with Crippen molar-refractivity contribution in [3.63, 3.8) is 0 Å². The summed E-state index contributed by atoms with van der Waals surface area (Å²) < 4.78 is 0. The highest BCUT2D eigenvalue weighted by Gasteiger charge is 2.21. The Hall–Kier alpha value is -1.13. The molecule has 1 aliphatic heterocycles. The van der Waals surface area contributed by atoms with Crippen LogP contribution in [0.5, 0.6) is 0 Å². The van der Waals surface area contributed by atoms with Crippen molar-refractivity contribution in [1.82, 2.24) is 14.8 Å². The highest BCUT2D eigenvalue weighted by Crippen LogP contribution is 2.17. The predicted molar refractivity (Wildman–Crippen MR) is 80.4 cm³/mol. The van der Waals surface area contributed by atoms with Gasteiger partial charge in [0.1, 0.15) is 5.82 Å². The first-order chi connectivity index (χ1) is 9.19. The summed E-state index contributed by atoms with van der Waals surface area (Å²) in [5, 5.41) is 3.27. The molecule has 0 saturated carbocycles. The van der Waals surface area contributed by atoms with Gasteiger partial charge in [-0.15, -0.1) is 0 Å². The van der Waals surface area contributed by atoms with E-state index in [2.05, 4.69) is 53.3 Å². The first-order valence-corrected chi connectivity index (χ1v) is 7.26. The van der Waals surface area contributed by atoms with E-state index in [1.807, 2.05) is 6.20 Å². The fraction of sp³-hybridized carbons (Fsp3) is 0.667. The largest absolute Gasteiger partial charge is 0.370 e. The smallest absolute Gasteiger partial charge is 0.126 e. The van der Waals surface area contributed by atoms with Gasteiger partial charge in [-0.25, -0.2) is 4.98 Å². The van der Waals surface area contributed by atoms with Gasteiger partial charge in [0.05, 0.1) is 0 Å². The van der Waals surface area contributed by atoms with Crippen LogP contribution in [-0.4, -0.2) is 54.6 Å². The molecule has 1 aromatic rings. The van der Waals surface area contributed by atoms with Crippen LogP contribution in [0.25, 0.3) is 0 Å². The first kappa shape index (κ1) is 14.3. The summed E-state index contributed by atoms with van der Waals surface area (Å²) in [6, 6.07) is 4.99. The van der Waals surface area contributed by atoms with Crippen LogP contribution in [0.3, 0.4) is 0 Å². The summed E-state index contributed by atoms with van der Waals surface area (Å²) in [5.41, 5.74) is 1.35. The molecule has 1 fully saturated rings. The van der Waals surface area contributed by atoms with Gasteiger partial charge in [-0.05, 0) is 58.1 Å². The third kappa shape index (κ3) is 4.18. The van der Waals surface area contributed by atoms with E-state index in [9.17, 15) is 0 Å². The van der Waals surface area contributed by atoms with Gasteiger partial charge in [-0.3, -0.25) is 4.90 Å². The molecule has 2 rings (SSSR count). The van der Waals surface area contributed by atoms with Gasteiger partial charge in [0.2, 0.25) is 0 Å². The quantitative estimate of drug-likeness (QED) is 0.880. The van der Waals surface area contributed by atoms with E-state index in [1.54, 1.807) is 0 Å². The number of nitrogens with zero attached hydrogens (tertiary/aromatic N) is 3. The molecule has 0 radical (unpaired) electrons. The van der Waals surface area contributed by atoms with Crippen molar-refractivity contribution < 1.29 is 0 Å². The summed E-state index contributed by atoms with van der Waals surface area (Å²) in [7, 11) is 4.37. The highest BCUT2D eigenvalue weighted by molar-refractivity contribution is 5.37. The van der Waals surface area contributed by atoms with Crippen LogP contribution in [0.4, 0.5) is 5.82 Å². The van der Waals surface area contributed by atoms with Crippen LogP contribution in [0.15, 0.2) is 18.3 Å². The maximum atomic E-state index is 4.33. The number of hydrogen-bond donors (Lipinski definition) is 1. The molecule has 1 atom stereocenters. The zero-order chi connectivity index (χ0) is 13.7. The molecule has 1 N–H and O–H groups in total. The summed E-state index contributed by atoms with van der Waals surface area (Å²) in [5.74, 6) is 0.987. The Morgan fingerprint density at radius 1 is 1.47 bits per heavy atom. The number of pyridine rings is 1. The van der Waals surface area contributed by atoms with Crippen molar-refractivity contribution in [3.8, 4) is 0 Å². The second-order valence-corrected chi connectivity index (χ2v) is 5.57. The second kappa shape index (κ2) is 6.87. The zero-order valence-corrected chi connectivity index (χ0v) is 12.4. The van der Waals surface area contributed by atoms with Gasteiger partial charge < -0.3 is 10.2 Å². The van der Waals surface area contributed by atoms with Crippen LogP contribution in [0.2, 0.25) is 0 Å². The minimum atomic E-state index is 0.698. The summed E-state index contributed by atoms with van der Waals surface area (Å²) in [4.78, 5) is 9.23. The standard InChI is InChI=1S/C15H26N4/c1-4-16-15-10-13(7-8-17-15)11-19-9-5-6-14(12-19)18(2)3/h7-8,10,14H,4-6,9,11-12H2,1-3H3,(H,16,17). The number of likely N-dealkylation sites (tertiary alicyclic amines) is 1. The lowest BCUT2D eigenvalue weighted by Crippen LogP contribution is -2.44. The second-order valence-electron chi connectivity index (χ2n) is 5.57. The van der Waals surface area contributed by atoms with E-state index >= 15 is 0 Å². The predicted octanol–water partition coefficient (Wildman–Crippen LogP) is 2.04. The molecule has 0 aliphatic carbocycles. The number of anilines is 1. The number of piperidine rings is 1. The van der Waals surface area contributed by atoms with Gasteiger partial charge in [0.15, 0.2) is 0 Å². The minimum absolute atomic E-state index is 0.698. The Morgan fingerprint density at radius 2 is 2.32 bits per heavy atom. The van der Waals surface area contributed by atoms with Gasteiger partial charge in [0.25, 0.3) is 0 Å². The molecular weight excluding hydrogens is 236 g/mol. The Labute approximate surface area is 116 Å². The summed E-state index contributed by atoms with van der Waals surface area (Å²) in [6.45, 7) is 6.43. The number of hydrogen-bond acceptors (Lipinski definition) is 4. The molecule has 1 aliphatic rings. The molecule has 2 heterocycles. The molecule has 106 valence electrons. The highest BCUT2D eigenvalue weighted by atomic mass is 15.2. The molecule has 4 nitrogen and oxygen atoms in total. The summed E-state index contributed by atoms with van der Waals surface area (Å²) >= 11 is 0. The van der Waals surface area contributed by atoms with Gasteiger partial charge in [-0.2, -0.15) is 0 Å². The third-order valence-corrected chi connectivity index (χ3v) is 3.80. The molecule has 4 heteroatoms. The zero-order valence-electron chi connectivity index (χ0n) is 12.4. The molecule has 0 spiro atoms. The Balaban J connectivity index is 1.94. The maximum Gasteiger partial charge on any atom is 0.126 e. The molecular formula is C15H26N4. The van der Waals surface area contributed by atoms with Crippen LogP contribution in [-0.2, 0) is 6.54 Å². The van der Waals surface area contributed by atoms with E-state index in [1.165, 1.54) is 31.5 Å². The van der Waals surface area contributed by atoms with Gasteiger partial charge in [-0.1, -0.05) is 0 Å². The summed E-state index contributed by atoms with van der Waals surface area (Å²) in [6.07, 6.45) is 4.52. The monoisotopic (exact) mass is 262 g/mol. The molecule has 0 aromatic carbocycles. The van der Waals surface area contributed by atoms with Crippen molar-refractivity contribution in [3.05, 3.63) is 23.9 Å². The van der Waals surface area contributed by atoms with E-state index in [4.69, 9.17) is 0 Å². The molecule has 1 saturated heterocycles. The fourth-order valence-corrected chi connectivity index (χ4v) is 2.70. The lowest BCUT2D eigenvalue weighted by Gasteiger charge is -2.36. The van der Waals surface area contributed by atoms with Crippen LogP contribution < -0.4 is 5.32 Å². The van der Waals surface area contributed by atoms with E-state index in [0.717, 1.165) is 18.9 Å². The first-order valence-electron chi connectivity index (χ1n) is 7.26. The number of likely N-dealkylation sites (N-methyl/N-ethyl adjacent to an activating group) is 1. The van der Waals surface area contributed by atoms with E-state index in [0.29, 0.717) is 6.04 Å². The third-order valence-electron chi connectivity index (χ3n) is 3.80. The van der Waals surface area contributed by atoms with Crippen LogP contribution >= 0.6 is 0 Å². The van der Waals surface area contributed by atoms with Crippen molar-refractivity contribution >= 4 is 5.82 Å². The number of aromatic nitrogens is 1. The van der Waals surface area contributed by atoms with Crippen molar-refractivity contribution in [2.24, 2.45) is 0 Å². The average molecular weight is 262 g/mol. The molecule has 19 heavy (non-hydrogen) atoms. The molecule has 1 unspecified atom stereocenters. The Morgan fingerprint density at radius 3 is 3.05 bits per heavy atom. The fourth-order valence-electron chi connectivity index (χ4n) is 2.70. The van der Waals surface area contributed by atoms with Gasteiger partial charge >= 0.3 is 0 Å². The van der Waals surface area contributed by atoms with Crippen LogP contribution in [0.1, 0.15) is 25.3 Å². The number of rotatable bonds is 5. The van der Waals surface area contributed by atoms with Crippen molar-refractivity contribution in [2.45, 2.75) is 32.4 Å². The molecule has 1 aromatic heterocycles. The normalized spacial score (nSPS) is 20.7. The van der Waals surface area contributed by atoms with Crippen LogP contribution in [0, 0.1) is 0 Å². The number of nitrogens with one attached hydrogen (secondary N) is 1. The Kier molecular flexibility index (Phi) is 5.16. The van der Waals surface area contributed by atoms with E-state index in [-0.39, 0.29) is 0 Å². The SMILES string of the molecule is CCNc1cc(CN2CCCC(N(C)C)C2)ccn1. The molecule has 0 amide bonds. The topological polar surface area (TPSA) is 31.4 Å². The minimum Gasteiger partial charge on any atom is -0.370 e. The maximum absolute atomic E-state index is 4.33. The lowest BCUT2D eigenvalue weighted by molar-refractivity contribution is 0.128.